The highest BCUT2D eigenvalue weighted by molar-refractivity contribution is 4.89. The molecule has 1 unspecified atom stereocenters. The second kappa shape index (κ2) is 6.46. The smallest absolute Gasteiger partial charge is 0.0589 e. The Morgan fingerprint density at radius 2 is 2.07 bits per heavy atom. The number of methoxy groups -OCH3 is 1. The molecule has 0 aliphatic heterocycles. The molecule has 0 radical (unpaired) electrons. The quantitative estimate of drug-likeness (QED) is 0.662. The Balaban J connectivity index is 2.43. The number of nitrogens with zero attached hydrogens (tertiary/aromatic N) is 1. The first-order valence-electron chi connectivity index (χ1n) is 6.12. The molecule has 90 valence electrons. The first-order chi connectivity index (χ1) is 7.19. The van der Waals surface area contributed by atoms with Crippen molar-refractivity contribution in [1.29, 1.82) is 0 Å². The fraction of sp³-hybridized carbons (Fsp3) is 1.00. The Hall–Kier alpha value is -0.120. The van der Waals surface area contributed by atoms with Gasteiger partial charge in [-0.2, -0.15) is 0 Å². The van der Waals surface area contributed by atoms with Crippen molar-refractivity contribution in [2.45, 2.75) is 32.7 Å². The van der Waals surface area contributed by atoms with E-state index in [-0.39, 0.29) is 0 Å². The molecule has 0 amide bonds. The standard InChI is InChI=1S/C12H26N2O/c1-10(2)9-14(6-7-15-3)12(8-13)11-4-5-11/h10-12H,4-9,13H2,1-3H3. The lowest BCUT2D eigenvalue weighted by atomic mass is 10.1. The van der Waals surface area contributed by atoms with E-state index >= 15 is 0 Å². The molecule has 1 aliphatic carbocycles. The van der Waals surface area contributed by atoms with Crippen molar-refractivity contribution in [3.05, 3.63) is 0 Å². The van der Waals surface area contributed by atoms with Crippen molar-refractivity contribution in [2.75, 3.05) is 33.4 Å². The van der Waals surface area contributed by atoms with Crippen LogP contribution in [0.25, 0.3) is 0 Å². The first kappa shape index (κ1) is 12.9. The van der Waals surface area contributed by atoms with Gasteiger partial charge >= 0.3 is 0 Å². The third-order valence-corrected chi connectivity index (χ3v) is 3.06. The highest BCUT2D eigenvalue weighted by Crippen LogP contribution is 2.35. The van der Waals surface area contributed by atoms with Crippen LogP contribution in [0.4, 0.5) is 0 Å². The highest BCUT2D eigenvalue weighted by Gasteiger charge is 2.34. The molecule has 1 aliphatic rings. The predicted octanol–water partition coefficient (Wildman–Crippen LogP) is 1.33. The fourth-order valence-corrected chi connectivity index (χ4v) is 2.19. The summed E-state index contributed by atoms with van der Waals surface area (Å²) in [7, 11) is 1.77. The van der Waals surface area contributed by atoms with Crippen LogP contribution < -0.4 is 5.73 Å². The molecule has 0 bridgehead atoms. The minimum absolute atomic E-state index is 0.586. The van der Waals surface area contributed by atoms with E-state index in [1.165, 1.54) is 12.8 Å². The maximum atomic E-state index is 5.88. The SMILES string of the molecule is COCCN(CC(C)C)C(CN)C1CC1. The predicted molar refractivity (Wildman–Crippen MR) is 63.9 cm³/mol. The number of hydrogen-bond donors (Lipinski definition) is 1. The van der Waals surface area contributed by atoms with Gasteiger partial charge in [-0.25, -0.2) is 0 Å². The van der Waals surface area contributed by atoms with Crippen molar-refractivity contribution in [3.8, 4) is 0 Å². The molecule has 3 nitrogen and oxygen atoms in total. The Morgan fingerprint density at radius 3 is 2.47 bits per heavy atom. The molecule has 0 saturated heterocycles. The van der Waals surface area contributed by atoms with Crippen molar-refractivity contribution in [2.24, 2.45) is 17.6 Å². The molecule has 1 atom stereocenters. The van der Waals surface area contributed by atoms with Gasteiger partial charge in [-0.3, -0.25) is 4.90 Å². The minimum Gasteiger partial charge on any atom is -0.383 e. The van der Waals surface area contributed by atoms with E-state index in [0.29, 0.717) is 12.0 Å². The van der Waals surface area contributed by atoms with Crippen LogP contribution in [0.2, 0.25) is 0 Å². The van der Waals surface area contributed by atoms with Crippen LogP contribution in [0.1, 0.15) is 26.7 Å². The fourth-order valence-electron chi connectivity index (χ4n) is 2.19. The summed E-state index contributed by atoms with van der Waals surface area (Å²) in [5, 5.41) is 0. The average molecular weight is 214 g/mol. The molecule has 0 heterocycles. The molecule has 3 heteroatoms. The van der Waals surface area contributed by atoms with Crippen LogP contribution >= 0.6 is 0 Å². The molecule has 0 aromatic rings. The van der Waals surface area contributed by atoms with Crippen molar-refractivity contribution < 1.29 is 4.74 Å². The molecule has 0 aromatic carbocycles. The highest BCUT2D eigenvalue weighted by atomic mass is 16.5. The van der Waals surface area contributed by atoms with Gasteiger partial charge in [0, 0.05) is 32.8 Å². The third-order valence-electron chi connectivity index (χ3n) is 3.06. The second-order valence-corrected chi connectivity index (χ2v) is 5.02. The Morgan fingerprint density at radius 1 is 1.40 bits per heavy atom. The lowest BCUT2D eigenvalue weighted by molar-refractivity contribution is 0.103. The number of ether oxygens (including phenoxy) is 1. The largest absolute Gasteiger partial charge is 0.383 e. The van der Waals surface area contributed by atoms with Gasteiger partial charge in [0.25, 0.3) is 0 Å². The monoisotopic (exact) mass is 214 g/mol. The van der Waals surface area contributed by atoms with Crippen LogP contribution in [-0.4, -0.2) is 44.3 Å². The van der Waals surface area contributed by atoms with Gasteiger partial charge in [-0.15, -0.1) is 0 Å². The molecule has 1 rings (SSSR count). The number of rotatable bonds is 8. The van der Waals surface area contributed by atoms with E-state index in [0.717, 1.165) is 32.2 Å². The molecular weight excluding hydrogens is 188 g/mol. The Kier molecular flexibility index (Phi) is 5.58. The van der Waals surface area contributed by atoms with Crippen LogP contribution in [0.5, 0.6) is 0 Å². The molecular formula is C12H26N2O. The Bertz CT molecular complexity index is 169. The molecule has 1 saturated carbocycles. The van der Waals surface area contributed by atoms with E-state index in [4.69, 9.17) is 10.5 Å². The van der Waals surface area contributed by atoms with Crippen LogP contribution in [0.3, 0.4) is 0 Å². The van der Waals surface area contributed by atoms with Gasteiger partial charge in [0.1, 0.15) is 0 Å². The summed E-state index contributed by atoms with van der Waals surface area (Å²) in [6, 6.07) is 0.586. The van der Waals surface area contributed by atoms with Gasteiger partial charge in [-0.1, -0.05) is 13.8 Å². The summed E-state index contributed by atoms with van der Waals surface area (Å²) in [6.07, 6.45) is 2.73. The van der Waals surface area contributed by atoms with Crippen molar-refractivity contribution in [1.82, 2.24) is 4.90 Å². The van der Waals surface area contributed by atoms with Gasteiger partial charge in [0.05, 0.1) is 6.61 Å². The maximum absolute atomic E-state index is 5.88. The summed E-state index contributed by atoms with van der Waals surface area (Å²) < 4.78 is 5.17. The maximum Gasteiger partial charge on any atom is 0.0589 e. The normalized spacial score (nSPS) is 18.8. The van der Waals surface area contributed by atoms with Crippen molar-refractivity contribution >= 4 is 0 Å². The minimum atomic E-state index is 0.586. The van der Waals surface area contributed by atoms with Crippen molar-refractivity contribution in [3.63, 3.8) is 0 Å². The number of hydrogen-bond acceptors (Lipinski definition) is 3. The van der Waals surface area contributed by atoms with Gasteiger partial charge in [-0.05, 0) is 24.7 Å². The lowest BCUT2D eigenvalue weighted by Gasteiger charge is -2.32. The summed E-state index contributed by atoms with van der Waals surface area (Å²) in [5.74, 6) is 1.56. The van der Waals surface area contributed by atoms with E-state index in [2.05, 4.69) is 18.7 Å². The molecule has 1 fully saturated rings. The van der Waals surface area contributed by atoms with Crippen LogP contribution in [-0.2, 0) is 4.74 Å². The summed E-state index contributed by atoms with van der Waals surface area (Å²) >= 11 is 0. The molecule has 2 N–H and O–H groups in total. The van der Waals surface area contributed by atoms with E-state index in [1.807, 2.05) is 0 Å². The van der Waals surface area contributed by atoms with Gasteiger partial charge in [0.15, 0.2) is 0 Å². The van der Waals surface area contributed by atoms with E-state index in [9.17, 15) is 0 Å². The number of nitrogens with two attached hydrogens (primary N) is 1. The van der Waals surface area contributed by atoms with E-state index in [1.54, 1.807) is 7.11 Å². The zero-order chi connectivity index (χ0) is 11.3. The average Bonchev–Trinajstić information content (AvgIpc) is 2.98. The summed E-state index contributed by atoms with van der Waals surface area (Å²) in [6.45, 7) is 8.30. The Labute approximate surface area is 94.0 Å². The summed E-state index contributed by atoms with van der Waals surface area (Å²) in [4.78, 5) is 2.52. The first-order valence-corrected chi connectivity index (χ1v) is 6.12. The summed E-state index contributed by atoms with van der Waals surface area (Å²) in [5.41, 5.74) is 5.88. The van der Waals surface area contributed by atoms with Crippen LogP contribution in [0.15, 0.2) is 0 Å². The van der Waals surface area contributed by atoms with E-state index < -0.39 is 0 Å². The lowest BCUT2D eigenvalue weighted by Crippen LogP contribution is -2.45. The van der Waals surface area contributed by atoms with Gasteiger partial charge < -0.3 is 10.5 Å². The second-order valence-electron chi connectivity index (χ2n) is 5.02. The zero-order valence-corrected chi connectivity index (χ0v) is 10.4. The molecule has 0 aromatic heterocycles. The molecule has 15 heavy (non-hydrogen) atoms. The van der Waals surface area contributed by atoms with Gasteiger partial charge in [0.2, 0.25) is 0 Å². The van der Waals surface area contributed by atoms with Crippen LogP contribution in [0, 0.1) is 11.8 Å². The zero-order valence-electron chi connectivity index (χ0n) is 10.4. The topological polar surface area (TPSA) is 38.5 Å². The molecule has 0 spiro atoms. The third kappa shape index (κ3) is 4.49.